The quantitative estimate of drug-likeness (QED) is 0.609. The molecule has 0 aliphatic rings. The summed E-state index contributed by atoms with van der Waals surface area (Å²) in [6, 6.07) is 5.82. The van der Waals surface area contributed by atoms with E-state index in [0.29, 0.717) is 6.42 Å². The smallest absolute Gasteiger partial charge is 0.306 e. The normalized spacial score (nSPS) is 14.3. The molecule has 0 aromatic heterocycles. The largest absolute Gasteiger partial charge is 0.460 e. The van der Waals surface area contributed by atoms with E-state index in [4.69, 9.17) is 6.17 Å². The van der Waals surface area contributed by atoms with Gasteiger partial charge >= 0.3 is 5.97 Å². The van der Waals surface area contributed by atoms with E-state index < -0.39 is 12.7 Å². The number of hydrogen-bond donors (Lipinski definition) is 1. The molecule has 0 aliphatic heterocycles. The van der Waals surface area contributed by atoms with E-state index >= 15 is 0 Å². The van der Waals surface area contributed by atoms with Gasteiger partial charge in [0.1, 0.15) is 12.7 Å². The van der Waals surface area contributed by atoms with Gasteiger partial charge in [-0.25, -0.2) is 0 Å². The zero-order chi connectivity index (χ0) is 18.5. The highest BCUT2D eigenvalue weighted by Gasteiger charge is 2.21. The average Bonchev–Trinajstić information content (AvgIpc) is 2.41. The maximum absolute atomic E-state index is 12.5. The number of benzene rings is 1. The molecule has 0 saturated heterocycles. The second kappa shape index (κ2) is 7.63. The maximum Gasteiger partial charge on any atom is 0.306 e. The average molecular weight is 342 g/mol. The van der Waals surface area contributed by atoms with Crippen LogP contribution in [-0.2, 0) is 14.1 Å². The van der Waals surface area contributed by atoms with Crippen molar-refractivity contribution in [2.24, 2.45) is 0 Å². The fourth-order valence-electron chi connectivity index (χ4n) is 2.49. The highest BCUT2D eigenvalue weighted by molar-refractivity contribution is 7.70. The first-order valence-corrected chi connectivity index (χ1v) is 10.5. The van der Waals surface area contributed by atoms with Gasteiger partial charge < -0.3 is 14.4 Å². The molecule has 5 heteroatoms. The van der Waals surface area contributed by atoms with E-state index in [1.54, 1.807) is 13.3 Å². The van der Waals surface area contributed by atoms with E-state index in [-0.39, 0.29) is 24.9 Å². The molecule has 0 spiro atoms. The highest BCUT2D eigenvalue weighted by atomic mass is 31.2. The minimum atomic E-state index is -2.39. The second-order valence-electron chi connectivity index (χ2n) is 7.39. The molecule has 1 atom stereocenters. The van der Waals surface area contributed by atoms with Gasteiger partial charge in [0, 0.05) is 24.3 Å². The topological polar surface area (TPSA) is 63.6 Å². The van der Waals surface area contributed by atoms with Gasteiger partial charge in [0.25, 0.3) is 0 Å². The summed E-state index contributed by atoms with van der Waals surface area (Å²) in [7, 11) is -2.39. The number of carbonyl (C=O) groups excluding carboxylic acids is 1. The van der Waals surface area contributed by atoms with Gasteiger partial charge in [-0.15, -0.1) is 0 Å². The lowest BCUT2D eigenvalue weighted by Gasteiger charge is -2.21. The third kappa shape index (κ3) is 6.48. The van der Waals surface area contributed by atoms with Crippen LogP contribution in [0.2, 0.25) is 0 Å². The maximum atomic E-state index is 12.5. The van der Waals surface area contributed by atoms with E-state index in [1.165, 1.54) is 0 Å². The third-order valence-electron chi connectivity index (χ3n) is 3.60. The summed E-state index contributed by atoms with van der Waals surface area (Å²) >= 11 is 0. The number of rotatable bonds is 7. The molecule has 4 nitrogen and oxygen atoms in total. The molecule has 1 aromatic carbocycles. The SMILES string of the molecule is [3H]OC[C@@H](CCC(=O)OC(C)(C)C)c1ccc(C)c(P(C)(C)=O)c1. The summed E-state index contributed by atoms with van der Waals surface area (Å²) in [5.74, 6) is -0.373. The van der Waals surface area contributed by atoms with E-state index in [2.05, 4.69) is 5.11 Å². The molecule has 0 bridgehead atoms. The number of esters is 1. The Morgan fingerprint density at radius 2 is 2.04 bits per heavy atom. The minimum Gasteiger partial charge on any atom is -0.460 e. The van der Waals surface area contributed by atoms with Gasteiger partial charge in [-0.1, -0.05) is 12.1 Å². The first-order valence-electron chi connectivity index (χ1n) is 8.31. The Labute approximate surface area is 141 Å². The zero-order valence-electron chi connectivity index (χ0n) is 16.0. The Hall–Kier alpha value is -1.12. The molecular formula is C18H29O4P. The van der Waals surface area contributed by atoms with Crippen LogP contribution in [0, 0.1) is 6.92 Å². The van der Waals surface area contributed by atoms with Gasteiger partial charge in [-0.2, -0.15) is 0 Å². The Kier molecular flexibility index (Phi) is 6.05. The van der Waals surface area contributed by atoms with Gasteiger partial charge in [0.15, 0.2) is 0 Å². The monoisotopic (exact) mass is 342 g/mol. The Morgan fingerprint density at radius 3 is 2.57 bits per heavy atom. The number of aliphatic hydroxyl groups is 1. The van der Waals surface area contributed by atoms with Crippen molar-refractivity contribution in [3.63, 3.8) is 0 Å². The molecule has 1 N–H and O–H groups in total. The lowest BCUT2D eigenvalue weighted by Crippen LogP contribution is -2.24. The number of hydrogen-bond acceptors (Lipinski definition) is 4. The Bertz CT molecular complexity index is 616. The molecule has 130 valence electrons. The summed E-state index contributed by atoms with van der Waals surface area (Å²) in [5.41, 5.74) is 1.42. The van der Waals surface area contributed by atoms with Crippen molar-refractivity contribution >= 4 is 18.4 Å². The second-order valence-corrected chi connectivity index (χ2v) is 10.6. The first kappa shape index (κ1) is 18.2. The predicted molar refractivity (Wildman–Crippen MR) is 95.2 cm³/mol. The molecule has 1 aromatic rings. The van der Waals surface area contributed by atoms with Crippen LogP contribution in [0.15, 0.2) is 18.2 Å². The van der Waals surface area contributed by atoms with Crippen molar-refractivity contribution in [1.29, 1.82) is 1.43 Å². The third-order valence-corrected chi connectivity index (χ3v) is 5.24. The van der Waals surface area contributed by atoms with Crippen LogP contribution in [0.4, 0.5) is 0 Å². The first-order chi connectivity index (χ1) is 10.9. The van der Waals surface area contributed by atoms with Gasteiger partial charge in [0.2, 0.25) is 1.43 Å². The number of aryl methyl sites for hydroxylation is 1. The molecule has 1 rings (SSSR count). The van der Waals surface area contributed by atoms with Crippen LogP contribution >= 0.6 is 7.14 Å². The standard InChI is InChI=1S/C18H29O4P/c1-13-7-8-14(11-16(13)23(5,6)21)15(12-19)9-10-17(20)22-18(2,3)4/h7-8,11,15,19H,9-10,12H2,1-6H3/t15-/m1/s1/i19T. The molecule has 0 saturated carbocycles. The van der Waals surface area contributed by atoms with Crippen molar-refractivity contribution < 1.29 is 19.2 Å². The fourth-order valence-corrected chi connectivity index (χ4v) is 3.88. The van der Waals surface area contributed by atoms with Gasteiger partial charge in [0.05, 0.1) is 0 Å². The molecule has 0 amide bonds. The summed E-state index contributed by atoms with van der Waals surface area (Å²) in [4.78, 5) is 11.9. The summed E-state index contributed by atoms with van der Waals surface area (Å²) in [6.45, 7) is 11.1. The Morgan fingerprint density at radius 1 is 1.39 bits per heavy atom. The molecule has 0 fully saturated rings. The van der Waals surface area contributed by atoms with Crippen LogP contribution in [-0.4, -0.2) is 38.0 Å². The van der Waals surface area contributed by atoms with Gasteiger partial charge in [-0.05, 0) is 64.6 Å². The number of aliphatic hydroxyl groups excluding tert-OH is 1. The van der Waals surface area contributed by atoms with Crippen LogP contribution in [0.25, 0.3) is 0 Å². The lowest BCUT2D eigenvalue weighted by atomic mass is 9.94. The van der Waals surface area contributed by atoms with Crippen molar-refractivity contribution in [1.82, 2.24) is 0 Å². The molecular weight excluding hydrogens is 311 g/mol. The fraction of sp³-hybridized carbons (Fsp3) is 0.611. The van der Waals surface area contributed by atoms with Crippen LogP contribution in [0.5, 0.6) is 0 Å². The summed E-state index contributed by atoms with van der Waals surface area (Å²) < 4.78 is 24.8. The van der Waals surface area contributed by atoms with Crippen molar-refractivity contribution in [3.8, 4) is 0 Å². The molecule has 23 heavy (non-hydrogen) atoms. The van der Waals surface area contributed by atoms with Crippen molar-refractivity contribution in [3.05, 3.63) is 29.3 Å². The van der Waals surface area contributed by atoms with E-state index in [9.17, 15) is 9.36 Å². The van der Waals surface area contributed by atoms with E-state index in [0.717, 1.165) is 16.4 Å². The van der Waals surface area contributed by atoms with Crippen LogP contribution in [0.3, 0.4) is 0 Å². The zero-order valence-corrected chi connectivity index (χ0v) is 15.9. The summed E-state index contributed by atoms with van der Waals surface area (Å²) in [6.07, 6.45) is 0.776. The number of carbonyl (C=O) groups is 1. The Balaban J connectivity index is 2.93. The molecule has 0 heterocycles. The number of ether oxygens (including phenoxy) is 1. The summed E-state index contributed by atoms with van der Waals surface area (Å²) in [5, 5.41) is 5.42. The lowest BCUT2D eigenvalue weighted by molar-refractivity contribution is -0.155. The van der Waals surface area contributed by atoms with Gasteiger partial charge in [-0.3, -0.25) is 4.79 Å². The van der Waals surface area contributed by atoms with Crippen molar-refractivity contribution in [2.45, 2.75) is 52.1 Å². The molecule has 0 radical (unpaired) electrons. The molecule has 0 aliphatic carbocycles. The van der Waals surface area contributed by atoms with Crippen molar-refractivity contribution in [2.75, 3.05) is 19.9 Å². The van der Waals surface area contributed by atoms with E-state index in [1.807, 2.05) is 45.9 Å². The van der Waals surface area contributed by atoms with Crippen LogP contribution in [0.1, 0.15) is 50.7 Å². The molecule has 0 unspecified atom stereocenters. The minimum absolute atomic E-state index is 0.110. The predicted octanol–water partition coefficient (Wildman–Crippen LogP) is 3.44. The highest BCUT2D eigenvalue weighted by Crippen LogP contribution is 2.37. The van der Waals surface area contributed by atoms with Crippen LogP contribution < -0.4 is 5.30 Å².